The monoisotopic (exact) mass is 377 g/mol. The van der Waals surface area contributed by atoms with Crippen LogP contribution >= 0.6 is 0 Å². The molecule has 0 N–H and O–H groups in total. The van der Waals surface area contributed by atoms with E-state index in [0.717, 1.165) is 25.0 Å². The van der Waals surface area contributed by atoms with Gasteiger partial charge in [-0.05, 0) is 31.0 Å². The summed E-state index contributed by atoms with van der Waals surface area (Å²) in [4.78, 5) is 22.1. The summed E-state index contributed by atoms with van der Waals surface area (Å²) in [7, 11) is 1.61. The largest absolute Gasteiger partial charge is 0.497 e. The van der Waals surface area contributed by atoms with Gasteiger partial charge in [-0.2, -0.15) is 14.6 Å². The van der Waals surface area contributed by atoms with E-state index < -0.39 is 0 Å². The smallest absolute Gasteiger partial charge is 0.262 e. The van der Waals surface area contributed by atoms with Crippen molar-refractivity contribution in [2.75, 3.05) is 13.7 Å². The highest BCUT2D eigenvalue weighted by molar-refractivity contribution is 5.93. The van der Waals surface area contributed by atoms with Crippen molar-refractivity contribution in [2.24, 2.45) is 0 Å². The lowest BCUT2D eigenvalue weighted by atomic mass is 10.1. The zero-order chi connectivity index (χ0) is 19.1. The van der Waals surface area contributed by atoms with E-state index in [-0.39, 0.29) is 11.7 Å². The normalized spacial score (nSPS) is 16.8. The second kappa shape index (κ2) is 6.72. The summed E-state index contributed by atoms with van der Waals surface area (Å²) in [5.74, 6) is 1.15. The molecule has 0 aliphatic carbocycles. The van der Waals surface area contributed by atoms with Crippen molar-refractivity contribution in [1.82, 2.24) is 24.1 Å². The van der Waals surface area contributed by atoms with Gasteiger partial charge < -0.3 is 14.0 Å². The van der Waals surface area contributed by atoms with Crippen LogP contribution in [0.1, 0.15) is 12.8 Å². The number of nitrogens with zero attached hydrogens (tertiary/aromatic N) is 5. The Hall–Kier alpha value is -3.26. The average Bonchev–Trinajstić information content (AvgIpc) is 3.40. The maximum absolute atomic E-state index is 13.4. The molecule has 28 heavy (non-hydrogen) atoms. The SMILES string of the molecule is COc1cccc(-c2c3c(=O)n(CC4CCCO4)ccc3nc3ncnn23)c1. The van der Waals surface area contributed by atoms with Crippen LogP contribution in [-0.4, -0.2) is 44.0 Å². The minimum atomic E-state index is -0.115. The molecule has 1 fully saturated rings. The fourth-order valence-corrected chi connectivity index (χ4v) is 3.75. The Morgan fingerprint density at radius 2 is 2.25 bits per heavy atom. The van der Waals surface area contributed by atoms with E-state index in [0.29, 0.717) is 34.7 Å². The number of ether oxygens (including phenoxy) is 2. The minimum Gasteiger partial charge on any atom is -0.497 e. The second-order valence-corrected chi connectivity index (χ2v) is 6.83. The number of hydrogen-bond acceptors (Lipinski definition) is 6. The van der Waals surface area contributed by atoms with Crippen LogP contribution in [0.4, 0.5) is 0 Å². The van der Waals surface area contributed by atoms with Crippen molar-refractivity contribution in [1.29, 1.82) is 0 Å². The van der Waals surface area contributed by atoms with Crippen LogP contribution in [0, 0.1) is 0 Å². The van der Waals surface area contributed by atoms with Gasteiger partial charge in [0.25, 0.3) is 11.3 Å². The van der Waals surface area contributed by atoms with Gasteiger partial charge in [-0.25, -0.2) is 4.98 Å². The molecule has 4 aromatic rings. The first-order valence-corrected chi connectivity index (χ1v) is 9.23. The maximum Gasteiger partial charge on any atom is 0.262 e. The molecule has 1 aliphatic heterocycles. The Morgan fingerprint density at radius 1 is 1.32 bits per heavy atom. The highest BCUT2D eigenvalue weighted by Crippen LogP contribution is 2.28. The van der Waals surface area contributed by atoms with E-state index in [1.54, 1.807) is 22.4 Å². The molecule has 5 rings (SSSR count). The van der Waals surface area contributed by atoms with E-state index in [1.165, 1.54) is 6.33 Å². The van der Waals surface area contributed by atoms with Crippen LogP contribution in [0.3, 0.4) is 0 Å². The van der Waals surface area contributed by atoms with Gasteiger partial charge in [0.15, 0.2) is 0 Å². The fourth-order valence-electron chi connectivity index (χ4n) is 3.75. The molecule has 142 valence electrons. The predicted molar refractivity (Wildman–Crippen MR) is 104 cm³/mol. The molecule has 1 atom stereocenters. The van der Waals surface area contributed by atoms with Crippen LogP contribution in [0.15, 0.2) is 47.7 Å². The quantitative estimate of drug-likeness (QED) is 0.543. The number of aromatic nitrogens is 5. The van der Waals surface area contributed by atoms with E-state index in [4.69, 9.17) is 9.47 Å². The van der Waals surface area contributed by atoms with Gasteiger partial charge in [0.1, 0.15) is 12.1 Å². The maximum atomic E-state index is 13.4. The Kier molecular flexibility index (Phi) is 4.05. The van der Waals surface area contributed by atoms with Crippen molar-refractivity contribution in [2.45, 2.75) is 25.5 Å². The van der Waals surface area contributed by atoms with Crippen molar-refractivity contribution in [3.63, 3.8) is 0 Å². The third-order valence-corrected chi connectivity index (χ3v) is 5.11. The Morgan fingerprint density at radius 3 is 3.07 bits per heavy atom. The molecule has 1 unspecified atom stereocenters. The molecule has 3 aromatic heterocycles. The van der Waals surface area contributed by atoms with Gasteiger partial charge in [-0.1, -0.05) is 12.1 Å². The number of rotatable bonds is 4. The molecule has 0 saturated carbocycles. The molecule has 8 heteroatoms. The zero-order valence-electron chi connectivity index (χ0n) is 15.4. The number of fused-ring (bicyclic) bond motifs is 2. The van der Waals surface area contributed by atoms with E-state index in [2.05, 4.69) is 15.1 Å². The lowest BCUT2D eigenvalue weighted by Crippen LogP contribution is -2.27. The first-order valence-electron chi connectivity index (χ1n) is 9.23. The molecule has 8 nitrogen and oxygen atoms in total. The first-order chi connectivity index (χ1) is 13.7. The zero-order valence-corrected chi connectivity index (χ0v) is 15.4. The topological polar surface area (TPSA) is 83.5 Å². The molecule has 0 radical (unpaired) electrons. The van der Waals surface area contributed by atoms with Gasteiger partial charge in [-0.3, -0.25) is 4.79 Å². The van der Waals surface area contributed by atoms with Crippen LogP contribution in [-0.2, 0) is 11.3 Å². The molecule has 1 aliphatic rings. The molecule has 0 spiro atoms. The second-order valence-electron chi connectivity index (χ2n) is 6.83. The summed E-state index contributed by atoms with van der Waals surface area (Å²) < 4.78 is 14.4. The summed E-state index contributed by atoms with van der Waals surface area (Å²) in [5, 5.41) is 4.81. The predicted octanol–water partition coefficient (Wildman–Crippen LogP) is 2.29. The van der Waals surface area contributed by atoms with E-state index >= 15 is 0 Å². The lowest BCUT2D eigenvalue weighted by molar-refractivity contribution is 0.0963. The van der Waals surface area contributed by atoms with Crippen molar-refractivity contribution in [3.8, 4) is 17.0 Å². The third-order valence-electron chi connectivity index (χ3n) is 5.11. The third kappa shape index (κ3) is 2.73. The van der Waals surface area contributed by atoms with Crippen LogP contribution in [0.5, 0.6) is 5.75 Å². The summed E-state index contributed by atoms with van der Waals surface area (Å²) in [6, 6.07) is 9.41. The highest BCUT2D eigenvalue weighted by atomic mass is 16.5. The Labute approximate surface area is 160 Å². The molecule has 1 saturated heterocycles. The van der Waals surface area contributed by atoms with Gasteiger partial charge in [0.05, 0.1) is 36.4 Å². The van der Waals surface area contributed by atoms with Crippen LogP contribution < -0.4 is 10.3 Å². The Bertz CT molecular complexity index is 1220. The summed E-state index contributed by atoms with van der Waals surface area (Å²) in [6.07, 6.45) is 5.28. The molecule has 1 aromatic carbocycles. The molecule has 0 bridgehead atoms. The van der Waals surface area contributed by atoms with Gasteiger partial charge in [0.2, 0.25) is 0 Å². The van der Waals surface area contributed by atoms with Gasteiger partial charge in [-0.15, -0.1) is 0 Å². The van der Waals surface area contributed by atoms with E-state index in [9.17, 15) is 4.79 Å². The van der Waals surface area contributed by atoms with E-state index in [1.807, 2.05) is 30.3 Å². The number of benzene rings is 1. The number of methoxy groups -OCH3 is 1. The summed E-state index contributed by atoms with van der Waals surface area (Å²) in [6.45, 7) is 1.28. The molecule has 4 heterocycles. The average molecular weight is 377 g/mol. The lowest BCUT2D eigenvalue weighted by Gasteiger charge is -2.14. The molecular formula is C20H19N5O3. The first kappa shape index (κ1) is 16.9. The fraction of sp³-hybridized carbons (Fsp3) is 0.300. The van der Waals surface area contributed by atoms with Crippen molar-refractivity contribution < 1.29 is 9.47 Å². The summed E-state index contributed by atoms with van der Waals surface area (Å²) in [5.41, 5.74) is 1.94. The summed E-state index contributed by atoms with van der Waals surface area (Å²) >= 11 is 0. The molecule has 0 amide bonds. The van der Waals surface area contributed by atoms with Gasteiger partial charge in [0, 0.05) is 18.4 Å². The van der Waals surface area contributed by atoms with Crippen molar-refractivity contribution >= 4 is 16.7 Å². The minimum absolute atomic E-state index is 0.0680. The molecular weight excluding hydrogens is 358 g/mol. The number of hydrogen-bond donors (Lipinski definition) is 0. The van der Waals surface area contributed by atoms with Gasteiger partial charge >= 0.3 is 0 Å². The standard InChI is InChI=1S/C20H19N5O3/c1-27-14-5-2-4-13(10-14)18-17-16(23-20-21-12-22-25(18)20)7-8-24(19(17)26)11-15-6-3-9-28-15/h2,4-5,7-8,10,12,15H,3,6,9,11H2,1H3. The van der Waals surface area contributed by atoms with Crippen LogP contribution in [0.25, 0.3) is 27.9 Å². The Balaban J connectivity index is 1.78. The highest BCUT2D eigenvalue weighted by Gasteiger charge is 2.20. The van der Waals surface area contributed by atoms with Crippen molar-refractivity contribution in [3.05, 3.63) is 53.2 Å². The number of pyridine rings is 1. The van der Waals surface area contributed by atoms with Crippen LogP contribution in [0.2, 0.25) is 0 Å².